The number of aliphatic imine (C=N–C) groups is 1. The van der Waals surface area contributed by atoms with Crippen LogP contribution in [0, 0.1) is 6.54 Å². The van der Waals surface area contributed by atoms with E-state index in [1.54, 1.807) is 11.4 Å². The molecule has 0 saturated carbocycles. The second-order valence-corrected chi connectivity index (χ2v) is 3.14. The van der Waals surface area contributed by atoms with Gasteiger partial charge in [0.25, 0.3) is 0 Å². The third kappa shape index (κ3) is 1.86. The minimum atomic E-state index is -0.00699. The number of halogens is 1. The highest BCUT2D eigenvalue weighted by Crippen LogP contribution is 2.16. The molecule has 0 bridgehead atoms. The lowest BCUT2D eigenvalue weighted by Crippen LogP contribution is -2.36. The number of guanidine groups is 1. The fraction of sp³-hybridized carbons (Fsp3) is 0.333. The van der Waals surface area contributed by atoms with Crippen molar-refractivity contribution < 1.29 is 5.11 Å². The molecule has 0 fully saturated rings. The quantitative estimate of drug-likeness (QED) is 0.633. The molecule has 1 rings (SSSR count). The summed E-state index contributed by atoms with van der Waals surface area (Å²) in [5, 5.41) is 12.0. The summed E-state index contributed by atoms with van der Waals surface area (Å²) in [5.74, 6) is 0.609. The van der Waals surface area contributed by atoms with Crippen LogP contribution in [-0.2, 0) is 0 Å². The lowest BCUT2D eigenvalue weighted by Gasteiger charge is -2.19. The van der Waals surface area contributed by atoms with Gasteiger partial charge in [-0.1, -0.05) is 0 Å². The molecule has 0 aliphatic carbocycles. The first kappa shape index (κ1) is 8.39. The van der Waals surface area contributed by atoms with E-state index >= 15 is 0 Å². The first-order valence-electron chi connectivity index (χ1n) is 3.06. The Labute approximate surface area is 73.7 Å². The Morgan fingerprint density at radius 3 is 2.73 bits per heavy atom. The molecule has 2 N–H and O–H groups in total. The van der Waals surface area contributed by atoms with Gasteiger partial charge >= 0.3 is 0 Å². The molecular formula is C6H9BrN3O. The van der Waals surface area contributed by atoms with Crippen molar-refractivity contribution in [3.05, 3.63) is 16.9 Å². The van der Waals surface area contributed by atoms with Crippen molar-refractivity contribution in [2.45, 2.75) is 0 Å². The normalized spacial score (nSPS) is 17.5. The van der Waals surface area contributed by atoms with Gasteiger partial charge in [-0.3, -0.25) is 0 Å². The zero-order valence-electron chi connectivity index (χ0n) is 6.30. The molecular weight excluding hydrogens is 210 g/mol. The molecule has 4 nitrogen and oxygen atoms in total. The van der Waals surface area contributed by atoms with Crippen molar-refractivity contribution in [2.24, 2.45) is 4.99 Å². The maximum atomic E-state index is 9.14. The van der Waals surface area contributed by atoms with Gasteiger partial charge in [-0.2, -0.15) is 4.99 Å². The Hall–Kier alpha value is -0.710. The molecule has 0 aromatic carbocycles. The van der Waals surface area contributed by atoms with E-state index in [0.717, 1.165) is 0 Å². The molecule has 1 radical (unpaired) electrons. The number of aliphatic hydroxyl groups is 1. The summed E-state index contributed by atoms with van der Waals surface area (Å²) in [5.41, 5.74) is 0. The molecule has 0 saturated heterocycles. The zero-order chi connectivity index (χ0) is 8.43. The molecule has 1 aliphatic rings. The van der Waals surface area contributed by atoms with Gasteiger partial charge in [-0.25, -0.2) is 0 Å². The van der Waals surface area contributed by atoms with Crippen molar-refractivity contribution in [2.75, 3.05) is 14.1 Å². The maximum absolute atomic E-state index is 9.14. The number of rotatable bonds is 0. The van der Waals surface area contributed by atoms with Gasteiger partial charge in [0.1, 0.15) is 0 Å². The van der Waals surface area contributed by atoms with E-state index < -0.39 is 0 Å². The van der Waals surface area contributed by atoms with E-state index in [1.165, 1.54) is 0 Å². The highest BCUT2D eigenvalue weighted by atomic mass is 79.9. The van der Waals surface area contributed by atoms with E-state index in [0.29, 0.717) is 10.4 Å². The van der Waals surface area contributed by atoms with Crippen LogP contribution >= 0.6 is 15.9 Å². The van der Waals surface area contributed by atoms with Crippen LogP contribution in [0.1, 0.15) is 0 Å². The number of nitrogens with one attached hydrogen (secondary N) is 1. The molecule has 0 aromatic rings. The van der Waals surface area contributed by atoms with Crippen LogP contribution < -0.4 is 5.32 Å². The summed E-state index contributed by atoms with van der Waals surface area (Å²) in [4.78, 5) is 5.62. The third-order valence-electron chi connectivity index (χ3n) is 1.18. The average molecular weight is 219 g/mol. The van der Waals surface area contributed by atoms with Gasteiger partial charge in [0.15, 0.2) is 0 Å². The van der Waals surface area contributed by atoms with Crippen LogP contribution in [-0.4, -0.2) is 30.1 Å². The van der Waals surface area contributed by atoms with Gasteiger partial charge in [-0.15, -0.1) is 0 Å². The molecule has 0 unspecified atom stereocenters. The van der Waals surface area contributed by atoms with Crippen molar-refractivity contribution in [3.63, 3.8) is 0 Å². The van der Waals surface area contributed by atoms with E-state index in [9.17, 15) is 0 Å². The Morgan fingerprint density at radius 1 is 1.64 bits per heavy atom. The Kier molecular flexibility index (Phi) is 2.38. The fourth-order valence-electron chi connectivity index (χ4n) is 0.608. The van der Waals surface area contributed by atoms with E-state index in [-0.39, 0.29) is 5.88 Å². The van der Waals surface area contributed by atoms with Crippen molar-refractivity contribution in [3.8, 4) is 0 Å². The summed E-state index contributed by atoms with van der Waals surface area (Å²) < 4.78 is 0.558. The van der Waals surface area contributed by atoms with Crippen LogP contribution in [0.2, 0.25) is 0 Å². The molecule has 0 spiro atoms. The lowest BCUT2D eigenvalue weighted by molar-refractivity contribution is 0.397. The largest absolute Gasteiger partial charge is 0.493 e. The van der Waals surface area contributed by atoms with E-state index in [4.69, 9.17) is 5.11 Å². The first-order chi connectivity index (χ1) is 5.11. The number of hydrogen-bond acceptors (Lipinski definition) is 4. The topological polar surface area (TPSA) is 47.9 Å². The smallest absolute Gasteiger partial charge is 0.226 e. The highest BCUT2D eigenvalue weighted by Gasteiger charge is 2.12. The number of nitrogens with zero attached hydrogens (tertiary/aromatic N) is 2. The molecule has 1 aliphatic heterocycles. The van der Waals surface area contributed by atoms with Gasteiger partial charge in [0.05, 0.1) is 11.0 Å². The predicted octanol–water partition coefficient (Wildman–Crippen LogP) is 0.791. The zero-order valence-corrected chi connectivity index (χ0v) is 7.88. The monoisotopic (exact) mass is 218 g/mol. The predicted molar refractivity (Wildman–Crippen MR) is 47.1 cm³/mol. The minimum absolute atomic E-state index is 0.00699. The lowest BCUT2D eigenvalue weighted by atomic mass is 10.5. The first-order valence-corrected chi connectivity index (χ1v) is 3.85. The van der Waals surface area contributed by atoms with Crippen LogP contribution in [0.25, 0.3) is 0 Å². The molecule has 1 heterocycles. The third-order valence-corrected chi connectivity index (χ3v) is 1.76. The standard InChI is InChI=1S/C6H9BrN3O/c1-10(2)6-8-3-4(7)5(11)9-6/h3,11H,1-2H3,(H,8,9). The minimum Gasteiger partial charge on any atom is -0.493 e. The van der Waals surface area contributed by atoms with Crippen LogP contribution in [0.3, 0.4) is 0 Å². The summed E-state index contributed by atoms with van der Waals surface area (Å²) in [6.45, 7) is 1.64. The fourth-order valence-corrected chi connectivity index (χ4v) is 0.811. The molecule has 0 atom stereocenters. The van der Waals surface area contributed by atoms with Crippen LogP contribution in [0.15, 0.2) is 15.4 Å². The highest BCUT2D eigenvalue weighted by molar-refractivity contribution is 9.11. The molecule has 11 heavy (non-hydrogen) atoms. The average Bonchev–Trinajstić information content (AvgIpc) is 1.94. The molecule has 61 valence electrons. The van der Waals surface area contributed by atoms with Crippen LogP contribution in [0.4, 0.5) is 0 Å². The Balaban J connectivity index is 2.81. The number of hydrogen-bond donors (Lipinski definition) is 2. The summed E-state index contributed by atoms with van der Waals surface area (Å²) in [6, 6.07) is 0. The van der Waals surface area contributed by atoms with Crippen molar-refractivity contribution in [1.82, 2.24) is 10.2 Å². The van der Waals surface area contributed by atoms with E-state index in [1.807, 2.05) is 14.1 Å². The Bertz CT molecular complexity index is 222. The molecule has 5 heteroatoms. The Morgan fingerprint density at radius 2 is 2.27 bits per heavy atom. The second-order valence-electron chi connectivity index (χ2n) is 2.29. The summed E-state index contributed by atoms with van der Waals surface area (Å²) in [6.07, 6.45) is 0. The SMILES string of the molecule is CN(C)C1=NC(O)=C(Br)[CH]N1. The van der Waals surface area contributed by atoms with E-state index in [2.05, 4.69) is 26.2 Å². The van der Waals surface area contributed by atoms with Gasteiger partial charge in [-0.05, 0) is 15.9 Å². The van der Waals surface area contributed by atoms with Gasteiger partial charge in [0, 0.05) is 14.1 Å². The second kappa shape index (κ2) is 3.13. The summed E-state index contributed by atoms with van der Waals surface area (Å²) >= 11 is 3.12. The van der Waals surface area contributed by atoms with Crippen molar-refractivity contribution in [1.29, 1.82) is 0 Å². The van der Waals surface area contributed by atoms with Gasteiger partial charge in [0.2, 0.25) is 11.8 Å². The van der Waals surface area contributed by atoms with Crippen LogP contribution in [0.5, 0.6) is 0 Å². The number of aliphatic hydroxyl groups excluding tert-OH is 1. The molecule has 0 aromatic heterocycles. The van der Waals surface area contributed by atoms with Gasteiger partial charge < -0.3 is 15.3 Å². The van der Waals surface area contributed by atoms with Crippen molar-refractivity contribution >= 4 is 21.9 Å². The molecule has 0 amide bonds. The summed E-state index contributed by atoms with van der Waals surface area (Å²) in [7, 11) is 3.68. The maximum Gasteiger partial charge on any atom is 0.226 e.